The third-order valence-electron chi connectivity index (χ3n) is 9.21. The van der Waals surface area contributed by atoms with Crippen LogP contribution < -0.4 is 23.6 Å². The molecule has 1 amide bonds. The molecule has 2 saturated carbocycles. The van der Waals surface area contributed by atoms with Gasteiger partial charge in [-0.1, -0.05) is 48.9 Å². The first-order valence-electron chi connectivity index (χ1n) is 12.9. The van der Waals surface area contributed by atoms with Gasteiger partial charge in [-0.05, 0) is 61.8 Å². The van der Waals surface area contributed by atoms with Crippen LogP contribution in [0.25, 0.3) is 5.32 Å². The second-order valence-electron chi connectivity index (χ2n) is 11.1. The summed E-state index contributed by atoms with van der Waals surface area (Å²) in [6.07, 6.45) is 4.02. The topological polar surface area (TPSA) is 93.3 Å². The van der Waals surface area contributed by atoms with Crippen molar-refractivity contribution in [2.75, 3.05) is 13.1 Å². The number of nitrogens with zero attached hydrogens (tertiary/aromatic N) is 2. The van der Waals surface area contributed by atoms with Crippen molar-refractivity contribution in [3.05, 3.63) is 64.5 Å². The molecular weight excluding hydrogens is 451 g/mol. The van der Waals surface area contributed by atoms with E-state index < -0.39 is 29.3 Å². The van der Waals surface area contributed by atoms with E-state index in [9.17, 15) is 15.0 Å². The summed E-state index contributed by atoms with van der Waals surface area (Å²) in [5.41, 5.74) is 1.35. The molecule has 3 fully saturated rings. The molecule has 8 heteroatoms. The summed E-state index contributed by atoms with van der Waals surface area (Å²) in [6, 6.07) is 12.8. The zero-order valence-electron chi connectivity index (χ0n) is 20.7. The van der Waals surface area contributed by atoms with Gasteiger partial charge in [-0.2, -0.15) is 0 Å². The number of benzene rings is 2. The predicted octanol–water partition coefficient (Wildman–Crippen LogP) is 1.04. The summed E-state index contributed by atoms with van der Waals surface area (Å²) in [7, 11) is 0. The molecule has 5 aliphatic rings. The molecule has 2 bridgehead atoms. The van der Waals surface area contributed by atoms with Crippen molar-refractivity contribution in [2.45, 2.75) is 74.3 Å². The summed E-state index contributed by atoms with van der Waals surface area (Å²) in [6.45, 7) is 2.08. The van der Waals surface area contributed by atoms with Crippen LogP contribution in [0.15, 0.2) is 42.5 Å². The summed E-state index contributed by atoms with van der Waals surface area (Å²) in [5.74, 6) is 1.31. The number of carbonyl (C=O) groups is 1. The van der Waals surface area contributed by atoms with Gasteiger partial charge in [0, 0.05) is 18.2 Å². The number of hydrogen-bond acceptors (Lipinski definition) is 6. The van der Waals surface area contributed by atoms with Crippen LogP contribution in [0.2, 0.25) is 0 Å². The first-order chi connectivity index (χ1) is 17.0. The number of carbonyl (C=O) groups excluding carboxylic acids is 1. The fourth-order valence-electron chi connectivity index (χ4n) is 7.48. The second-order valence-corrected chi connectivity index (χ2v) is 11.1. The molecule has 5 atom stereocenters. The van der Waals surface area contributed by atoms with E-state index in [2.05, 4.69) is 10.2 Å². The molecule has 0 aromatic heterocycles. The average molecular weight is 483 g/mol. The minimum Gasteiger partial charge on any atom is -0.612 e. The Kier molecular flexibility index (Phi) is 5.84. The van der Waals surface area contributed by atoms with E-state index in [1.807, 2.05) is 36.4 Å². The maximum absolute atomic E-state index is 12.7. The molecule has 7 nitrogen and oxygen atoms in total. The molecule has 2 aliphatic heterocycles. The molecule has 36 heavy (non-hydrogen) atoms. The number of hydrogen-bond donors (Lipinski definition) is 2. The van der Waals surface area contributed by atoms with Crippen LogP contribution in [-0.2, 0) is 23.2 Å². The number of aliphatic hydroxyl groups is 1. The predicted molar refractivity (Wildman–Crippen MR) is 129 cm³/mol. The number of aromatic hydroxyl groups is 1. The number of amides is 1. The van der Waals surface area contributed by atoms with Gasteiger partial charge >= 0.3 is 18.9 Å². The standard InChI is InChI=1S/C28H32N2O5.Li/c31-21-9-8-19-14-22-28(33)11-10-20(29-26(32)34-16-18-4-2-1-3-5-18)25-27(28,23(19)24(21)35-25)12-13-30(22)15-17-6-7-17;/h1-5,8-9,17,20,22,25,33H,6-7,10-16H2,(H2,29,31,32);/q;+1/p-1/t20-,22-,25+,27+,28-;/m1./s1. The van der Waals surface area contributed by atoms with Gasteiger partial charge in [0.15, 0.2) is 11.5 Å². The van der Waals surface area contributed by atoms with Gasteiger partial charge in [-0.15, -0.1) is 0 Å². The smallest absolute Gasteiger partial charge is 0.612 e. The summed E-state index contributed by atoms with van der Waals surface area (Å²) < 4.78 is 11.9. The minimum absolute atomic E-state index is 0. The van der Waals surface area contributed by atoms with Crippen molar-refractivity contribution in [3.8, 4) is 11.5 Å². The molecule has 1 spiro atoms. The zero-order chi connectivity index (χ0) is 23.8. The molecule has 2 N–H and O–H groups in total. The summed E-state index contributed by atoms with van der Waals surface area (Å²) >= 11 is 0. The first-order valence-corrected chi connectivity index (χ1v) is 12.9. The number of rotatable bonds is 5. The Hall–Kier alpha value is -2.17. The largest absolute Gasteiger partial charge is 1.00 e. The van der Waals surface area contributed by atoms with Crippen molar-refractivity contribution in [3.63, 3.8) is 0 Å². The van der Waals surface area contributed by atoms with E-state index in [1.54, 1.807) is 6.07 Å². The fourth-order valence-corrected chi connectivity index (χ4v) is 7.48. The van der Waals surface area contributed by atoms with Crippen molar-refractivity contribution < 1.29 is 43.3 Å². The van der Waals surface area contributed by atoms with Gasteiger partial charge in [0.2, 0.25) is 6.09 Å². The Labute approximate surface area is 223 Å². The van der Waals surface area contributed by atoms with Crippen LogP contribution in [0, 0.1) is 5.92 Å². The third-order valence-corrected chi connectivity index (χ3v) is 9.21. The van der Waals surface area contributed by atoms with E-state index in [-0.39, 0.29) is 37.3 Å². The maximum Gasteiger partial charge on any atom is 1.00 e. The SMILES string of the molecule is O=C([N-][C@@H]1CC[C@@]2(O)[C@H]3Cc4ccc(O)c5c4[C@@]2(CCN3CC2CC2)[C@H]1O5)OCc1ccccc1.[Li+]. The molecule has 2 aromatic rings. The minimum atomic E-state index is -0.975. The van der Waals surface area contributed by atoms with Gasteiger partial charge in [-0.3, -0.25) is 9.69 Å². The molecule has 3 aliphatic carbocycles. The molecular formula is C28H31LiN2O5. The van der Waals surface area contributed by atoms with Crippen LogP contribution in [0.4, 0.5) is 4.79 Å². The molecule has 2 aromatic carbocycles. The number of phenols is 1. The van der Waals surface area contributed by atoms with E-state index in [0.29, 0.717) is 18.6 Å². The Morgan fingerprint density at radius 1 is 1.14 bits per heavy atom. The van der Waals surface area contributed by atoms with Crippen LogP contribution >= 0.6 is 0 Å². The third kappa shape index (κ3) is 3.44. The van der Waals surface area contributed by atoms with Gasteiger partial charge in [0.05, 0.1) is 17.1 Å². The molecule has 7 rings (SSSR count). The van der Waals surface area contributed by atoms with Crippen LogP contribution in [0.1, 0.15) is 48.8 Å². The van der Waals surface area contributed by atoms with Gasteiger partial charge < -0.3 is 25.0 Å². The van der Waals surface area contributed by atoms with Crippen molar-refractivity contribution >= 4 is 6.09 Å². The normalized spacial score (nSPS) is 33.6. The van der Waals surface area contributed by atoms with Crippen LogP contribution in [0.3, 0.4) is 0 Å². The molecule has 0 radical (unpaired) electrons. The van der Waals surface area contributed by atoms with Gasteiger partial charge in [-0.25, -0.2) is 0 Å². The summed E-state index contributed by atoms with van der Waals surface area (Å²) in [5, 5.41) is 27.6. The van der Waals surface area contributed by atoms with E-state index in [0.717, 1.165) is 48.5 Å². The van der Waals surface area contributed by atoms with Gasteiger partial charge in [0.25, 0.3) is 0 Å². The van der Waals surface area contributed by atoms with E-state index in [4.69, 9.17) is 9.47 Å². The monoisotopic (exact) mass is 482 g/mol. The number of phenolic OH excluding ortho intramolecular Hbond substituents is 1. The fraction of sp³-hybridized carbons (Fsp3) is 0.536. The molecule has 184 valence electrons. The number of likely N-dealkylation sites (tertiary alicyclic amines) is 1. The Bertz CT molecular complexity index is 1170. The average Bonchev–Trinajstić information content (AvgIpc) is 3.60. The number of ether oxygens (including phenoxy) is 2. The molecule has 0 unspecified atom stereocenters. The zero-order valence-corrected chi connectivity index (χ0v) is 20.7. The van der Waals surface area contributed by atoms with Crippen LogP contribution in [0.5, 0.6) is 11.5 Å². The van der Waals surface area contributed by atoms with Gasteiger partial charge in [0.1, 0.15) is 6.61 Å². The van der Waals surface area contributed by atoms with Crippen LogP contribution in [-0.4, -0.2) is 58.1 Å². The van der Waals surface area contributed by atoms with Crippen molar-refractivity contribution in [2.24, 2.45) is 5.92 Å². The van der Waals surface area contributed by atoms with E-state index >= 15 is 0 Å². The first kappa shape index (κ1) is 24.2. The maximum atomic E-state index is 12.7. The summed E-state index contributed by atoms with van der Waals surface area (Å²) in [4.78, 5) is 15.2. The van der Waals surface area contributed by atoms with Crippen molar-refractivity contribution in [1.29, 1.82) is 0 Å². The quantitative estimate of drug-likeness (QED) is 0.619. The Balaban J connectivity index is 0.00000240. The van der Waals surface area contributed by atoms with Crippen molar-refractivity contribution in [1.82, 2.24) is 4.90 Å². The Morgan fingerprint density at radius 2 is 1.94 bits per heavy atom. The molecule has 2 heterocycles. The second kappa shape index (κ2) is 8.70. The Morgan fingerprint density at radius 3 is 2.72 bits per heavy atom. The van der Waals surface area contributed by atoms with E-state index in [1.165, 1.54) is 12.8 Å². The molecule has 1 saturated heterocycles. The number of piperidine rings is 1.